The number of anilines is 4. The van der Waals surface area contributed by atoms with Gasteiger partial charge in [-0.25, -0.2) is 4.79 Å². The number of halogens is 2. The Morgan fingerprint density at radius 3 is 2.18 bits per heavy atom. The number of hydrogen-bond acceptors (Lipinski definition) is 4. The molecule has 0 saturated heterocycles. The van der Waals surface area contributed by atoms with Gasteiger partial charge in [0, 0.05) is 34.2 Å². The van der Waals surface area contributed by atoms with Crippen LogP contribution in [0.5, 0.6) is 5.75 Å². The van der Waals surface area contributed by atoms with Gasteiger partial charge < -0.3 is 20.1 Å². The Balaban J connectivity index is 1.82. The third-order valence-electron chi connectivity index (χ3n) is 4.23. The van der Waals surface area contributed by atoms with E-state index in [0.717, 1.165) is 17.1 Å². The fraction of sp³-hybridized carbons (Fsp3) is 0.0952. The molecule has 0 fully saturated rings. The van der Waals surface area contributed by atoms with Gasteiger partial charge in [-0.05, 0) is 60.7 Å². The molecule has 0 aliphatic rings. The van der Waals surface area contributed by atoms with Crippen molar-refractivity contribution in [2.45, 2.75) is 0 Å². The number of carbonyl (C=O) groups is 1. The number of ether oxygens (including phenoxy) is 1. The van der Waals surface area contributed by atoms with E-state index < -0.39 is 5.97 Å². The predicted molar refractivity (Wildman–Crippen MR) is 114 cm³/mol. The zero-order valence-corrected chi connectivity index (χ0v) is 16.8. The van der Waals surface area contributed by atoms with E-state index in [-0.39, 0.29) is 5.56 Å². The zero-order chi connectivity index (χ0) is 20.3. The van der Waals surface area contributed by atoms with Crippen LogP contribution in [0.15, 0.2) is 60.7 Å². The molecule has 0 aliphatic heterocycles. The van der Waals surface area contributed by atoms with Gasteiger partial charge >= 0.3 is 5.97 Å². The summed E-state index contributed by atoms with van der Waals surface area (Å²) in [5.74, 6) is -0.546. The van der Waals surface area contributed by atoms with Crippen LogP contribution in [0.1, 0.15) is 10.4 Å². The molecule has 0 amide bonds. The lowest BCUT2D eigenvalue weighted by Crippen LogP contribution is -2.09. The summed E-state index contributed by atoms with van der Waals surface area (Å²) in [4.78, 5) is 13.5. The van der Waals surface area contributed by atoms with Crippen molar-refractivity contribution in [3.05, 3.63) is 76.3 Å². The number of hydrogen-bond donors (Lipinski definition) is 2. The lowest BCUT2D eigenvalue weighted by atomic mass is 10.1. The molecule has 0 atom stereocenters. The SMILES string of the molecule is COc1ccc(Nc2ccc(N(C)c3cc(Cl)cc(Cl)c3)cc2)c(C(=O)O)c1. The molecule has 0 spiro atoms. The molecular formula is C21H18Cl2N2O3. The number of carboxylic acids is 1. The maximum absolute atomic E-state index is 11.5. The summed E-state index contributed by atoms with van der Waals surface area (Å²) in [7, 11) is 3.41. The van der Waals surface area contributed by atoms with Gasteiger partial charge in [-0.2, -0.15) is 0 Å². The first-order chi connectivity index (χ1) is 13.4. The summed E-state index contributed by atoms with van der Waals surface area (Å²) in [5, 5.41) is 13.7. The van der Waals surface area contributed by atoms with Crippen molar-refractivity contribution in [1.29, 1.82) is 0 Å². The van der Waals surface area contributed by atoms with Crippen LogP contribution >= 0.6 is 23.2 Å². The molecule has 0 aliphatic carbocycles. The van der Waals surface area contributed by atoms with Crippen molar-refractivity contribution in [3.63, 3.8) is 0 Å². The number of rotatable bonds is 6. The van der Waals surface area contributed by atoms with Crippen molar-refractivity contribution >= 4 is 51.9 Å². The van der Waals surface area contributed by atoms with Crippen molar-refractivity contribution in [3.8, 4) is 5.75 Å². The fourth-order valence-corrected chi connectivity index (χ4v) is 3.26. The molecule has 0 heterocycles. The Morgan fingerprint density at radius 1 is 0.964 bits per heavy atom. The van der Waals surface area contributed by atoms with Crippen molar-refractivity contribution in [2.24, 2.45) is 0 Å². The molecule has 0 unspecified atom stereocenters. The summed E-state index contributed by atoms with van der Waals surface area (Å²) in [6, 6.07) is 17.8. The van der Waals surface area contributed by atoms with E-state index in [1.165, 1.54) is 13.2 Å². The highest BCUT2D eigenvalue weighted by Crippen LogP contribution is 2.31. The van der Waals surface area contributed by atoms with Crippen LogP contribution in [-0.2, 0) is 0 Å². The third kappa shape index (κ3) is 4.50. The number of aromatic carboxylic acids is 1. The first-order valence-electron chi connectivity index (χ1n) is 8.35. The minimum absolute atomic E-state index is 0.133. The minimum Gasteiger partial charge on any atom is -0.497 e. The standard InChI is InChI=1S/C21H18Cl2N2O3/c1-25(17-10-13(22)9-14(23)11-17)16-5-3-15(4-6-16)24-20-8-7-18(28-2)12-19(20)21(26)27/h3-12,24H,1-2H3,(H,26,27). The summed E-state index contributed by atoms with van der Waals surface area (Å²) in [5.41, 5.74) is 3.16. The van der Waals surface area contributed by atoms with E-state index >= 15 is 0 Å². The van der Waals surface area contributed by atoms with Gasteiger partial charge in [0.15, 0.2) is 0 Å². The van der Waals surface area contributed by atoms with Crippen LogP contribution in [0.25, 0.3) is 0 Å². The second-order valence-corrected chi connectivity index (χ2v) is 6.95. The molecule has 3 aromatic carbocycles. The van der Waals surface area contributed by atoms with Crippen molar-refractivity contribution in [2.75, 3.05) is 24.4 Å². The number of benzene rings is 3. The molecule has 5 nitrogen and oxygen atoms in total. The highest BCUT2D eigenvalue weighted by molar-refractivity contribution is 6.35. The van der Waals surface area contributed by atoms with Gasteiger partial charge in [0.1, 0.15) is 5.75 Å². The Bertz CT molecular complexity index is 987. The number of methoxy groups -OCH3 is 1. The van der Waals surface area contributed by atoms with Crippen LogP contribution in [0, 0.1) is 0 Å². The predicted octanol–water partition coefficient (Wildman–Crippen LogP) is 6.21. The van der Waals surface area contributed by atoms with Gasteiger partial charge in [-0.15, -0.1) is 0 Å². The second-order valence-electron chi connectivity index (χ2n) is 6.08. The monoisotopic (exact) mass is 416 g/mol. The van der Waals surface area contributed by atoms with Crippen LogP contribution < -0.4 is 15.0 Å². The van der Waals surface area contributed by atoms with Gasteiger partial charge in [-0.1, -0.05) is 23.2 Å². The number of carboxylic acid groups (broad SMARTS) is 1. The molecule has 0 radical (unpaired) electrons. The molecule has 0 bridgehead atoms. The maximum Gasteiger partial charge on any atom is 0.337 e. The molecule has 0 saturated carbocycles. The number of nitrogens with one attached hydrogen (secondary N) is 1. The molecule has 7 heteroatoms. The van der Waals surface area contributed by atoms with Crippen LogP contribution in [-0.4, -0.2) is 25.2 Å². The Kier molecular flexibility index (Phi) is 5.97. The number of nitrogens with zero attached hydrogens (tertiary/aromatic N) is 1. The van der Waals surface area contributed by atoms with E-state index in [9.17, 15) is 9.90 Å². The lowest BCUT2D eigenvalue weighted by molar-refractivity contribution is 0.0697. The largest absolute Gasteiger partial charge is 0.497 e. The van der Waals surface area contributed by atoms with Gasteiger partial charge in [-0.3, -0.25) is 0 Å². The van der Waals surface area contributed by atoms with Crippen LogP contribution in [0.2, 0.25) is 10.0 Å². The summed E-state index contributed by atoms with van der Waals surface area (Å²) >= 11 is 12.2. The van der Waals surface area contributed by atoms with Gasteiger partial charge in [0.2, 0.25) is 0 Å². The molecule has 0 aromatic heterocycles. The Morgan fingerprint density at radius 2 is 1.61 bits per heavy atom. The third-order valence-corrected chi connectivity index (χ3v) is 4.66. The highest BCUT2D eigenvalue weighted by atomic mass is 35.5. The second kappa shape index (κ2) is 8.42. The molecule has 2 N–H and O–H groups in total. The Labute approximate surface area is 173 Å². The maximum atomic E-state index is 11.5. The first kappa shape index (κ1) is 19.9. The quantitative estimate of drug-likeness (QED) is 0.499. The average molecular weight is 417 g/mol. The molecular weight excluding hydrogens is 399 g/mol. The average Bonchev–Trinajstić information content (AvgIpc) is 2.67. The molecule has 144 valence electrons. The molecule has 28 heavy (non-hydrogen) atoms. The smallest absolute Gasteiger partial charge is 0.337 e. The summed E-state index contributed by atoms with van der Waals surface area (Å²) < 4.78 is 5.10. The highest BCUT2D eigenvalue weighted by Gasteiger charge is 2.12. The fourth-order valence-electron chi connectivity index (χ4n) is 2.74. The lowest BCUT2D eigenvalue weighted by Gasteiger charge is -2.20. The topological polar surface area (TPSA) is 61.8 Å². The van der Waals surface area contributed by atoms with E-state index in [0.29, 0.717) is 21.5 Å². The van der Waals surface area contributed by atoms with E-state index in [4.69, 9.17) is 27.9 Å². The molecule has 3 rings (SSSR count). The van der Waals surface area contributed by atoms with Gasteiger partial charge in [0.05, 0.1) is 18.4 Å². The van der Waals surface area contributed by atoms with Crippen LogP contribution in [0.4, 0.5) is 22.7 Å². The Hall–Kier alpha value is -2.89. The van der Waals surface area contributed by atoms with Gasteiger partial charge in [0.25, 0.3) is 0 Å². The van der Waals surface area contributed by atoms with E-state index in [1.807, 2.05) is 48.3 Å². The van der Waals surface area contributed by atoms with Crippen molar-refractivity contribution in [1.82, 2.24) is 0 Å². The zero-order valence-electron chi connectivity index (χ0n) is 15.2. The minimum atomic E-state index is -1.03. The van der Waals surface area contributed by atoms with Crippen molar-refractivity contribution < 1.29 is 14.6 Å². The normalized spacial score (nSPS) is 10.4. The van der Waals surface area contributed by atoms with E-state index in [2.05, 4.69) is 5.32 Å². The van der Waals surface area contributed by atoms with Crippen LogP contribution in [0.3, 0.4) is 0 Å². The summed E-state index contributed by atoms with van der Waals surface area (Å²) in [6.07, 6.45) is 0. The summed E-state index contributed by atoms with van der Waals surface area (Å²) in [6.45, 7) is 0. The molecule has 3 aromatic rings. The first-order valence-corrected chi connectivity index (χ1v) is 9.11. The van der Waals surface area contributed by atoms with E-state index in [1.54, 1.807) is 18.2 Å².